The third-order valence-corrected chi connectivity index (χ3v) is 2.44. The Morgan fingerprint density at radius 3 is 2.68 bits per heavy atom. The van der Waals surface area contributed by atoms with Crippen LogP contribution in [0.3, 0.4) is 0 Å². The van der Waals surface area contributed by atoms with Crippen molar-refractivity contribution in [3.63, 3.8) is 0 Å². The van der Waals surface area contributed by atoms with E-state index in [9.17, 15) is 13.2 Å². The summed E-state index contributed by atoms with van der Waals surface area (Å²) in [4.78, 5) is 0. The number of nitrogens with one attached hydrogen (secondary N) is 1. The van der Waals surface area contributed by atoms with Crippen molar-refractivity contribution in [1.29, 1.82) is 5.26 Å². The summed E-state index contributed by atoms with van der Waals surface area (Å²) >= 11 is 0. The lowest BCUT2D eigenvalue weighted by atomic mass is 10.1. The van der Waals surface area contributed by atoms with Gasteiger partial charge in [0.05, 0.1) is 18.7 Å². The standard InChI is InChI=1S/C12H13F3N2O2/c1-19-10-3-2-8(5-16)4-9(10)6-17-7-11(18)12(13,14)15/h2-4,11,17-18H,6-7H2,1H3. The number of hydrogen-bond acceptors (Lipinski definition) is 4. The van der Waals surface area contributed by atoms with Crippen molar-refractivity contribution in [1.82, 2.24) is 5.32 Å². The number of hydrogen-bond donors (Lipinski definition) is 2. The zero-order valence-corrected chi connectivity index (χ0v) is 10.2. The molecule has 0 aliphatic carbocycles. The molecule has 1 aromatic carbocycles. The maximum atomic E-state index is 12.1. The summed E-state index contributed by atoms with van der Waals surface area (Å²) in [6.07, 6.45) is -7.07. The van der Waals surface area contributed by atoms with Gasteiger partial charge in [-0.3, -0.25) is 0 Å². The second kappa shape index (κ2) is 6.41. The summed E-state index contributed by atoms with van der Waals surface area (Å²) in [5, 5.41) is 20.0. The fourth-order valence-corrected chi connectivity index (χ4v) is 1.45. The van der Waals surface area contributed by atoms with Crippen LogP contribution in [-0.2, 0) is 6.54 Å². The van der Waals surface area contributed by atoms with Crippen LogP contribution >= 0.6 is 0 Å². The monoisotopic (exact) mass is 274 g/mol. The second-order valence-corrected chi connectivity index (χ2v) is 3.83. The molecule has 0 heterocycles. The highest BCUT2D eigenvalue weighted by atomic mass is 19.4. The molecule has 0 aromatic heterocycles. The Balaban J connectivity index is 2.65. The summed E-state index contributed by atoms with van der Waals surface area (Å²) in [6.45, 7) is -0.560. The van der Waals surface area contributed by atoms with Crippen molar-refractivity contribution in [2.75, 3.05) is 13.7 Å². The van der Waals surface area contributed by atoms with Gasteiger partial charge in [0.15, 0.2) is 6.10 Å². The molecule has 1 unspecified atom stereocenters. The number of alkyl halides is 3. The Morgan fingerprint density at radius 2 is 2.16 bits per heavy atom. The van der Waals surface area contributed by atoms with Crippen LogP contribution < -0.4 is 10.1 Å². The maximum Gasteiger partial charge on any atom is 0.415 e. The van der Waals surface area contributed by atoms with Crippen LogP contribution in [0.1, 0.15) is 11.1 Å². The molecular formula is C12H13F3N2O2. The smallest absolute Gasteiger partial charge is 0.415 e. The first-order chi connectivity index (χ1) is 8.88. The van der Waals surface area contributed by atoms with Crippen LogP contribution in [-0.4, -0.2) is 31.0 Å². The summed E-state index contributed by atoms with van der Waals surface area (Å²) in [5.74, 6) is 0.466. The fraction of sp³-hybridized carbons (Fsp3) is 0.417. The van der Waals surface area contributed by atoms with Gasteiger partial charge >= 0.3 is 6.18 Å². The molecule has 0 fully saturated rings. The molecule has 1 rings (SSSR count). The molecule has 104 valence electrons. The predicted octanol–water partition coefficient (Wildman–Crippen LogP) is 1.58. The molecule has 0 amide bonds. The normalized spacial score (nSPS) is 12.8. The minimum Gasteiger partial charge on any atom is -0.496 e. The van der Waals surface area contributed by atoms with E-state index in [4.69, 9.17) is 15.1 Å². The lowest BCUT2D eigenvalue weighted by Gasteiger charge is -2.16. The van der Waals surface area contributed by atoms with Crippen molar-refractivity contribution in [2.45, 2.75) is 18.8 Å². The Kier molecular flexibility index (Phi) is 5.15. The van der Waals surface area contributed by atoms with E-state index in [1.54, 1.807) is 12.1 Å². The average Bonchev–Trinajstić information content (AvgIpc) is 2.37. The predicted molar refractivity (Wildman–Crippen MR) is 61.5 cm³/mol. The van der Waals surface area contributed by atoms with E-state index < -0.39 is 18.8 Å². The van der Waals surface area contributed by atoms with Crippen molar-refractivity contribution in [3.05, 3.63) is 29.3 Å². The molecule has 0 saturated heterocycles. The molecule has 0 aliphatic heterocycles. The number of nitrogens with zero attached hydrogens (tertiary/aromatic N) is 1. The van der Waals surface area contributed by atoms with E-state index in [2.05, 4.69) is 5.32 Å². The summed E-state index contributed by atoms with van der Waals surface area (Å²) in [7, 11) is 1.43. The van der Waals surface area contributed by atoms with Crippen LogP contribution in [0.25, 0.3) is 0 Å². The number of aliphatic hydroxyl groups is 1. The maximum absolute atomic E-state index is 12.1. The van der Waals surface area contributed by atoms with Gasteiger partial charge in [-0.05, 0) is 18.2 Å². The largest absolute Gasteiger partial charge is 0.496 e. The zero-order chi connectivity index (χ0) is 14.5. The molecule has 0 aliphatic rings. The number of nitriles is 1. The Hall–Kier alpha value is -1.78. The first-order valence-corrected chi connectivity index (χ1v) is 5.41. The number of aliphatic hydroxyl groups excluding tert-OH is 1. The third kappa shape index (κ3) is 4.43. The summed E-state index contributed by atoms with van der Waals surface area (Å²) < 4.78 is 41.3. The molecule has 0 radical (unpaired) electrons. The SMILES string of the molecule is COc1ccc(C#N)cc1CNCC(O)C(F)(F)F. The second-order valence-electron chi connectivity index (χ2n) is 3.83. The number of ether oxygens (including phenoxy) is 1. The van der Waals surface area contributed by atoms with E-state index in [-0.39, 0.29) is 6.54 Å². The van der Waals surface area contributed by atoms with Crippen LogP contribution in [0.15, 0.2) is 18.2 Å². The lowest BCUT2D eigenvalue weighted by molar-refractivity contribution is -0.201. The highest BCUT2D eigenvalue weighted by Gasteiger charge is 2.37. The van der Waals surface area contributed by atoms with Crippen molar-refractivity contribution < 1.29 is 23.0 Å². The Bertz CT molecular complexity index is 469. The minimum atomic E-state index is -4.65. The van der Waals surface area contributed by atoms with Gasteiger partial charge in [-0.15, -0.1) is 0 Å². The van der Waals surface area contributed by atoms with E-state index in [1.165, 1.54) is 13.2 Å². The Labute approximate surface area is 108 Å². The van der Waals surface area contributed by atoms with Gasteiger partial charge in [-0.1, -0.05) is 0 Å². The molecule has 19 heavy (non-hydrogen) atoms. The van der Waals surface area contributed by atoms with Crippen molar-refractivity contribution in [2.24, 2.45) is 0 Å². The molecule has 1 aromatic rings. The summed E-state index contributed by atoms with van der Waals surface area (Å²) in [5.41, 5.74) is 0.935. The van der Waals surface area contributed by atoms with Crippen LogP contribution in [0.4, 0.5) is 13.2 Å². The minimum absolute atomic E-state index is 0.0613. The van der Waals surface area contributed by atoms with Gasteiger partial charge in [0.2, 0.25) is 0 Å². The van der Waals surface area contributed by atoms with Crippen LogP contribution in [0.2, 0.25) is 0 Å². The molecule has 4 nitrogen and oxygen atoms in total. The topological polar surface area (TPSA) is 65.3 Å². The highest BCUT2D eigenvalue weighted by Crippen LogP contribution is 2.21. The van der Waals surface area contributed by atoms with E-state index in [0.717, 1.165) is 0 Å². The Morgan fingerprint density at radius 1 is 1.47 bits per heavy atom. The lowest BCUT2D eigenvalue weighted by Crippen LogP contribution is -2.38. The van der Waals surface area contributed by atoms with Crippen molar-refractivity contribution >= 4 is 0 Å². The number of methoxy groups -OCH3 is 1. The highest BCUT2D eigenvalue weighted by molar-refractivity contribution is 5.41. The van der Waals surface area contributed by atoms with E-state index >= 15 is 0 Å². The molecule has 7 heteroatoms. The molecule has 0 spiro atoms. The number of rotatable bonds is 5. The average molecular weight is 274 g/mol. The molecular weight excluding hydrogens is 261 g/mol. The first kappa shape index (κ1) is 15.3. The third-order valence-electron chi connectivity index (χ3n) is 2.44. The van der Waals surface area contributed by atoms with Gasteiger partial charge in [0.1, 0.15) is 5.75 Å². The van der Waals surface area contributed by atoms with Gasteiger partial charge in [-0.2, -0.15) is 18.4 Å². The quantitative estimate of drug-likeness (QED) is 0.855. The van der Waals surface area contributed by atoms with Crippen LogP contribution in [0, 0.1) is 11.3 Å². The molecule has 2 N–H and O–H groups in total. The van der Waals surface area contributed by atoms with Gasteiger partial charge in [-0.25, -0.2) is 0 Å². The first-order valence-electron chi connectivity index (χ1n) is 5.41. The van der Waals surface area contributed by atoms with Gasteiger partial charge < -0.3 is 15.2 Å². The molecule has 0 bridgehead atoms. The summed E-state index contributed by atoms with van der Waals surface area (Å²) in [6, 6.07) is 6.56. The van der Waals surface area contributed by atoms with Gasteiger partial charge in [0, 0.05) is 18.7 Å². The molecule has 1 atom stereocenters. The number of halogens is 3. The number of benzene rings is 1. The fourth-order valence-electron chi connectivity index (χ4n) is 1.45. The van der Waals surface area contributed by atoms with Gasteiger partial charge in [0.25, 0.3) is 0 Å². The van der Waals surface area contributed by atoms with Crippen molar-refractivity contribution in [3.8, 4) is 11.8 Å². The van der Waals surface area contributed by atoms with Crippen LogP contribution in [0.5, 0.6) is 5.75 Å². The molecule has 0 saturated carbocycles. The van der Waals surface area contributed by atoms with E-state index in [1.807, 2.05) is 6.07 Å². The van der Waals surface area contributed by atoms with E-state index in [0.29, 0.717) is 16.9 Å². The zero-order valence-electron chi connectivity index (χ0n) is 10.2.